The van der Waals surface area contributed by atoms with Crippen LogP contribution in [0.5, 0.6) is 0 Å². The molecular formula is C19H24Cl2N4O3. The Hall–Kier alpha value is -1.96. The van der Waals surface area contributed by atoms with Gasteiger partial charge in [0.15, 0.2) is 11.6 Å². The average molecular weight is 427 g/mol. The first kappa shape index (κ1) is 22.3. The first-order valence-corrected chi connectivity index (χ1v) is 9.66. The molecule has 0 spiro atoms. The Labute approximate surface area is 174 Å². The summed E-state index contributed by atoms with van der Waals surface area (Å²) in [6, 6.07) is 5.13. The number of carbonyl (C=O) groups is 1. The van der Waals surface area contributed by atoms with Crippen molar-refractivity contribution in [2.45, 2.75) is 58.2 Å². The minimum absolute atomic E-state index is 0.145. The molecule has 0 aliphatic rings. The summed E-state index contributed by atoms with van der Waals surface area (Å²) < 4.78 is 5.22. The van der Waals surface area contributed by atoms with Crippen molar-refractivity contribution >= 4 is 35.0 Å². The van der Waals surface area contributed by atoms with Gasteiger partial charge in [-0.15, -0.1) is 10.2 Å². The minimum Gasteiger partial charge on any atom is -0.460 e. The summed E-state index contributed by atoms with van der Waals surface area (Å²) in [5, 5.41) is 19.0. The van der Waals surface area contributed by atoms with Gasteiger partial charge in [0.25, 0.3) is 0 Å². The Bertz CT molecular complexity index is 840. The third-order valence-electron chi connectivity index (χ3n) is 3.77. The number of nitrogens with zero attached hydrogens (tertiary/aromatic N) is 3. The number of carbonyl (C=O) groups excluding carboxylic acids is 1. The van der Waals surface area contributed by atoms with Crippen LogP contribution in [0, 0.1) is 0 Å². The van der Waals surface area contributed by atoms with E-state index in [1.165, 1.54) is 0 Å². The fourth-order valence-corrected chi connectivity index (χ4v) is 2.86. The lowest BCUT2D eigenvalue weighted by atomic mass is 10.1. The number of aliphatic hydroxyl groups is 1. The topological polar surface area (TPSA) is 111 Å². The maximum atomic E-state index is 11.7. The molecule has 0 radical (unpaired) electrons. The average Bonchev–Trinajstić information content (AvgIpc) is 2.59. The molecule has 0 saturated heterocycles. The van der Waals surface area contributed by atoms with Gasteiger partial charge in [0.1, 0.15) is 11.3 Å². The molecule has 1 aromatic carbocycles. The molecule has 0 bridgehead atoms. The van der Waals surface area contributed by atoms with E-state index in [0.717, 1.165) is 0 Å². The highest BCUT2D eigenvalue weighted by Crippen LogP contribution is 2.34. The van der Waals surface area contributed by atoms with Gasteiger partial charge in [0.2, 0.25) is 0 Å². The van der Waals surface area contributed by atoms with Crippen LogP contribution in [0.4, 0.5) is 5.82 Å². The van der Waals surface area contributed by atoms with Crippen molar-refractivity contribution in [1.29, 1.82) is 0 Å². The zero-order chi connectivity index (χ0) is 20.9. The molecule has 3 N–H and O–H groups in total. The molecular weight excluding hydrogens is 403 g/mol. The van der Waals surface area contributed by atoms with E-state index in [2.05, 4.69) is 15.2 Å². The molecule has 1 atom stereocenters. The van der Waals surface area contributed by atoms with Crippen LogP contribution in [0.15, 0.2) is 18.2 Å². The summed E-state index contributed by atoms with van der Waals surface area (Å²) in [5.74, 6) is 0.240. The van der Waals surface area contributed by atoms with Gasteiger partial charge < -0.3 is 15.6 Å². The smallest absolute Gasteiger partial charge is 0.306 e. The van der Waals surface area contributed by atoms with Gasteiger partial charge in [0.05, 0.1) is 16.1 Å². The fourth-order valence-electron chi connectivity index (χ4n) is 2.47. The number of hydrogen-bond donors (Lipinski definition) is 2. The van der Waals surface area contributed by atoms with Gasteiger partial charge in [-0.3, -0.25) is 4.79 Å². The van der Waals surface area contributed by atoms with E-state index in [4.69, 9.17) is 33.7 Å². The molecule has 0 fully saturated rings. The van der Waals surface area contributed by atoms with Gasteiger partial charge in [-0.1, -0.05) is 35.3 Å². The lowest BCUT2D eigenvalue weighted by molar-refractivity contribution is -0.155. The Morgan fingerprint density at radius 1 is 1.25 bits per heavy atom. The third-order valence-corrected chi connectivity index (χ3v) is 4.59. The predicted octanol–water partition coefficient (Wildman–Crippen LogP) is 3.84. The van der Waals surface area contributed by atoms with Gasteiger partial charge in [-0.05, 0) is 39.7 Å². The molecule has 152 valence electrons. The van der Waals surface area contributed by atoms with Gasteiger partial charge in [-0.25, -0.2) is 4.98 Å². The van der Waals surface area contributed by atoms with E-state index in [1.807, 2.05) is 0 Å². The number of ether oxygens (including phenoxy) is 1. The second-order valence-corrected chi connectivity index (χ2v) is 8.17. The number of anilines is 1. The second-order valence-electron chi connectivity index (χ2n) is 7.38. The van der Waals surface area contributed by atoms with Gasteiger partial charge >= 0.3 is 5.97 Å². The number of halogens is 2. The number of aryl methyl sites for hydroxylation is 1. The Kier molecular flexibility index (Phi) is 7.57. The van der Waals surface area contributed by atoms with Crippen molar-refractivity contribution < 1.29 is 14.6 Å². The zero-order valence-electron chi connectivity index (χ0n) is 16.1. The lowest BCUT2D eigenvalue weighted by Crippen LogP contribution is -2.24. The molecule has 0 amide bonds. The number of rotatable bonds is 7. The van der Waals surface area contributed by atoms with Crippen LogP contribution in [0.1, 0.15) is 45.9 Å². The van der Waals surface area contributed by atoms with Crippen molar-refractivity contribution in [1.82, 2.24) is 15.2 Å². The van der Waals surface area contributed by atoms with Crippen molar-refractivity contribution in [3.05, 3.63) is 34.1 Å². The van der Waals surface area contributed by atoms with Crippen LogP contribution in [0.2, 0.25) is 10.0 Å². The molecule has 0 aliphatic carbocycles. The number of aliphatic hydroxyl groups excluding tert-OH is 1. The minimum atomic E-state index is -0.681. The summed E-state index contributed by atoms with van der Waals surface area (Å²) in [7, 11) is 0. The fraction of sp³-hybridized carbons (Fsp3) is 0.474. The second kappa shape index (κ2) is 9.49. The molecule has 1 unspecified atom stereocenters. The van der Waals surface area contributed by atoms with E-state index in [-0.39, 0.29) is 18.2 Å². The van der Waals surface area contributed by atoms with Gasteiger partial charge in [0, 0.05) is 18.4 Å². The van der Waals surface area contributed by atoms with Crippen molar-refractivity contribution in [2.24, 2.45) is 0 Å². The Morgan fingerprint density at radius 2 is 1.96 bits per heavy atom. The Balaban J connectivity index is 1.92. The molecule has 1 aromatic heterocycles. The van der Waals surface area contributed by atoms with Crippen LogP contribution in [-0.4, -0.2) is 38.0 Å². The summed E-state index contributed by atoms with van der Waals surface area (Å²) in [4.78, 5) is 15.9. The van der Waals surface area contributed by atoms with E-state index < -0.39 is 11.7 Å². The van der Waals surface area contributed by atoms with E-state index in [0.29, 0.717) is 46.4 Å². The highest BCUT2D eigenvalue weighted by atomic mass is 35.5. The number of aromatic nitrogens is 3. The van der Waals surface area contributed by atoms with E-state index in [9.17, 15) is 9.90 Å². The van der Waals surface area contributed by atoms with Crippen LogP contribution in [0.25, 0.3) is 11.3 Å². The molecule has 0 saturated carbocycles. The summed E-state index contributed by atoms with van der Waals surface area (Å²) in [6.45, 7) is 5.41. The summed E-state index contributed by atoms with van der Waals surface area (Å²) >= 11 is 12.2. The van der Waals surface area contributed by atoms with Crippen LogP contribution in [-0.2, 0) is 16.0 Å². The highest BCUT2D eigenvalue weighted by molar-refractivity contribution is 6.43. The van der Waals surface area contributed by atoms with Crippen molar-refractivity contribution in [3.8, 4) is 11.3 Å². The number of nitrogen functional groups attached to an aromatic ring is 1. The van der Waals surface area contributed by atoms with E-state index in [1.54, 1.807) is 39.0 Å². The van der Waals surface area contributed by atoms with Crippen LogP contribution < -0.4 is 5.73 Å². The van der Waals surface area contributed by atoms with Crippen LogP contribution in [0.3, 0.4) is 0 Å². The summed E-state index contributed by atoms with van der Waals surface area (Å²) in [5.41, 5.74) is 6.36. The molecule has 28 heavy (non-hydrogen) atoms. The molecule has 9 heteroatoms. The molecule has 1 heterocycles. The number of benzene rings is 1. The van der Waals surface area contributed by atoms with Crippen molar-refractivity contribution in [3.63, 3.8) is 0 Å². The first-order chi connectivity index (χ1) is 13.1. The first-order valence-electron chi connectivity index (χ1n) is 8.90. The number of esters is 1. The zero-order valence-corrected chi connectivity index (χ0v) is 17.6. The Morgan fingerprint density at radius 3 is 2.61 bits per heavy atom. The molecule has 2 aromatic rings. The lowest BCUT2D eigenvalue weighted by Gasteiger charge is -2.20. The predicted molar refractivity (Wildman–Crippen MR) is 109 cm³/mol. The number of nitrogens with two attached hydrogens (primary N) is 1. The summed E-state index contributed by atoms with van der Waals surface area (Å²) in [6.07, 6.45) is 0.511. The largest absolute Gasteiger partial charge is 0.460 e. The highest BCUT2D eigenvalue weighted by Gasteiger charge is 2.18. The number of hydrogen-bond acceptors (Lipinski definition) is 7. The maximum Gasteiger partial charge on any atom is 0.306 e. The maximum absolute atomic E-state index is 11.7. The molecule has 0 aliphatic heterocycles. The van der Waals surface area contributed by atoms with Crippen molar-refractivity contribution in [2.75, 3.05) is 5.73 Å². The monoisotopic (exact) mass is 426 g/mol. The third kappa shape index (κ3) is 6.58. The normalized spacial score (nSPS) is 12.6. The molecule has 2 rings (SSSR count). The molecule has 7 nitrogen and oxygen atoms in total. The SMILES string of the molecule is CC(C)(C)OC(=O)CCC(O)CCc1nnc(-c2cccc(Cl)c2Cl)c(N)n1. The quantitative estimate of drug-likeness (QED) is 0.646. The van der Waals surface area contributed by atoms with Gasteiger partial charge in [-0.2, -0.15) is 0 Å². The van der Waals surface area contributed by atoms with Crippen LogP contribution >= 0.6 is 23.2 Å². The van der Waals surface area contributed by atoms with E-state index >= 15 is 0 Å². The standard InChI is InChI=1S/C19H24Cl2N4O3/c1-19(2,3)28-15(27)10-8-11(26)7-9-14-23-18(22)17(25-24-14)12-5-4-6-13(20)16(12)21/h4-6,11,26H,7-10H2,1-3H3,(H2,22,23,24).